The first-order valence-corrected chi connectivity index (χ1v) is 7.94. The van der Waals surface area contributed by atoms with Gasteiger partial charge in [0.05, 0.1) is 6.20 Å². The number of nitrogens with zero attached hydrogens (tertiary/aromatic N) is 3. The van der Waals surface area contributed by atoms with Gasteiger partial charge in [-0.25, -0.2) is 0 Å². The van der Waals surface area contributed by atoms with E-state index in [1.54, 1.807) is 18.3 Å². The molecule has 0 atom stereocenters. The van der Waals surface area contributed by atoms with Crippen molar-refractivity contribution in [2.75, 3.05) is 10.6 Å². The van der Waals surface area contributed by atoms with Gasteiger partial charge in [0.1, 0.15) is 0 Å². The highest BCUT2D eigenvalue weighted by Gasteiger charge is 2.05. The van der Waals surface area contributed by atoms with Gasteiger partial charge in [-0.05, 0) is 62.2 Å². The van der Waals surface area contributed by atoms with Crippen LogP contribution in [0.2, 0.25) is 0 Å². The number of aromatic nitrogens is 3. The molecule has 0 unspecified atom stereocenters. The Morgan fingerprint density at radius 2 is 1.76 bits per heavy atom. The predicted molar refractivity (Wildman–Crippen MR) is 98.8 cm³/mol. The highest BCUT2D eigenvalue weighted by Crippen LogP contribution is 2.22. The van der Waals surface area contributed by atoms with Crippen molar-refractivity contribution in [1.82, 2.24) is 15.2 Å². The topological polar surface area (TPSA) is 79.8 Å². The molecule has 0 saturated carbocycles. The summed E-state index contributed by atoms with van der Waals surface area (Å²) in [6.45, 7) is 5.66. The quantitative estimate of drug-likeness (QED) is 0.682. The molecule has 0 spiro atoms. The molecule has 0 radical (unpaired) electrons. The molecule has 0 saturated heterocycles. The first-order chi connectivity index (χ1) is 12.0. The lowest BCUT2D eigenvalue weighted by Gasteiger charge is -2.11. The van der Waals surface area contributed by atoms with E-state index in [-0.39, 0.29) is 5.78 Å². The van der Waals surface area contributed by atoms with Crippen molar-refractivity contribution in [3.8, 4) is 0 Å². The molecule has 6 nitrogen and oxygen atoms in total. The number of carbonyl (C=O) groups excluding carboxylic acids is 1. The number of hydrogen-bond acceptors (Lipinski definition) is 6. The first-order valence-electron chi connectivity index (χ1n) is 7.94. The van der Waals surface area contributed by atoms with E-state index in [4.69, 9.17) is 0 Å². The van der Waals surface area contributed by atoms with E-state index in [0.29, 0.717) is 17.3 Å². The molecule has 2 N–H and O–H groups in total. The van der Waals surface area contributed by atoms with Crippen molar-refractivity contribution < 1.29 is 4.79 Å². The molecule has 0 aliphatic carbocycles. The van der Waals surface area contributed by atoms with Crippen LogP contribution in [0.3, 0.4) is 0 Å². The third-order valence-electron chi connectivity index (χ3n) is 3.97. The largest absolute Gasteiger partial charge is 0.339 e. The summed E-state index contributed by atoms with van der Waals surface area (Å²) in [4.78, 5) is 15.8. The summed E-state index contributed by atoms with van der Waals surface area (Å²) >= 11 is 0. The number of carbonyl (C=O) groups is 1. The lowest BCUT2D eigenvalue weighted by molar-refractivity contribution is 0.101. The second-order valence-corrected chi connectivity index (χ2v) is 5.80. The van der Waals surface area contributed by atoms with Crippen LogP contribution in [0.4, 0.5) is 23.1 Å². The van der Waals surface area contributed by atoms with Gasteiger partial charge in [0.15, 0.2) is 11.6 Å². The molecule has 2 aromatic carbocycles. The summed E-state index contributed by atoms with van der Waals surface area (Å²) in [5.41, 5.74) is 4.80. The number of nitrogens with one attached hydrogen (secondary N) is 2. The number of aryl methyl sites for hydroxylation is 1. The van der Waals surface area contributed by atoms with Crippen LogP contribution in [0.25, 0.3) is 0 Å². The Hall–Kier alpha value is -3.28. The average molecular weight is 333 g/mol. The van der Waals surface area contributed by atoms with Crippen LogP contribution >= 0.6 is 0 Å². The van der Waals surface area contributed by atoms with E-state index < -0.39 is 0 Å². The van der Waals surface area contributed by atoms with Crippen molar-refractivity contribution >= 4 is 28.9 Å². The van der Waals surface area contributed by atoms with Crippen LogP contribution in [-0.4, -0.2) is 21.0 Å². The molecule has 0 aliphatic rings. The van der Waals surface area contributed by atoms with E-state index in [9.17, 15) is 4.79 Å². The minimum atomic E-state index is 0.0317. The van der Waals surface area contributed by atoms with Gasteiger partial charge < -0.3 is 10.6 Å². The smallest absolute Gasteiger partial charge is 0.249 e. The summed E-state index contributed by atoms with van der Waals surface area (Å²) in [7, 11) is 0. The minimum absolute atomic E-state index is 0.0317. The van der Waals surface area contributed by atoms with E-state index in [1.165, 1.54) is 12.5 Å². The molecule has 3 rings (SSSR count). The summed E-state index contributed by atoms with van der Waals surface area (Å²) in [6, 6.07) is 13.2. The van der Waals surface area contributed by atoms with Gasteiger partial charge in [-0.3, -0.25) is 4.79 Å². The summed E-state index contributed by atoms with van der Waals surface area (Å²) in [6.07, 6.45) is 1.58. The molecule has 0 aliphatic heterocycles. The van der Waals surface area contributed by atoms with Crippen LogP contribution in [0.15, 0.2) is 48.7 Å². The van der Waals surface area contributed by atoms with Gasteiger partial charge in [0.25, 0.3) is 0 Å². The SMILES string of the molecule is CC(=O)c1ccc(Nc2nncc(Nc3cccc(C)c3C)n2)cc1. The summed E-state index contributed by atoms with van der Waals surface area (Å²) in [5.74, 6) is 1.02. The Kier molecular flexibility index (Phi) is 4.70. The maximum Gasteiger partial charge on any atom is 0.249 e. The van der Waals surface area contributed by atoms with Crippen molar-refractivity contribution in [1.29, 1.82) is 0 Å². The van der Waals surface area contributed by atoms with E-state index in [1.807, 2.05) is 24.3 Å². The fraction of sp³-hybridized carbons (Fsp3) is 0.158. The van der Waals surface area contributed by atoms with Crippen molar-refractivity contribution in [3.63, 3.8) is 0 Å². The molecular formula is C19H19N5O. The Labute approximate surface area is 146 Å². The fourth-order valence-corrected chi connectivity index (χ4v) is 2.36. The number of rotatable bonds is 5. The second-order valence-electron chi connectivity index (χ2n) is 5.80. The zero-order valence-corrected chi connectivity index (χ0v) is 14.4. The molecule has 6 heteroatoms. The maximum atomic E-state index is 11.3. The Balaban J connectivity index is 1.77. The lowest BCUT2D eigenvalue weighted by atomic mass is 10.1. The van der Waals surface area contributed by atoms with Gasteiger partial charge in [-0.1, -0.05) is 12.1 Å². The van der Waals surface area contributed by atoms with Crippen LogP contribution in [0, 0.1) is 13.8 Å². The van der Waals surface area contributed by atoms with Crippen molar-refractivity contribution in [2.24, 2.45) is 0 Å². The normalized spacial score (nSPS) is 10.4. The molecule has 3 aromatic rings. The number of Topliss-reactive ketones (excluding diaryl/α,β-unsaturated/α-hetero) is 1. The van der Waals surface area contributed by atoms with Gasteiger partial charge >= 0.3 is 0 Å². The van der Waals surface area contributed by atoms with Gasteiger partial charge in [0.2, 0.25) is 5.95 Å². The number of anilines is 4. The van der Waals surface area contributed by atoms with Gasteiger partial charge in [0, 0.05) is 16.9 Å². The average Bonchev–Trinajstić information content (AvgIpc) is 2.60. The molecular weight excluding hydrogens is 314 g/mol. The van der Waals surface area contributed by atoms with E-state index in [0.717, 1.165) is 16.9 Å². The first kappa shape index (κ1) is 16.6. The summed E-state index contributed by atoms with van der Waals surface area (Å²) < 4.78 is 0. The zero-order valence-electron chi connectivity index (χ0n) is 14.4. The van der Waals surface area contributed by atoms with Crippen LogP contribution in [0.5, 0.6) is 0 Å². The van der Waals surface area contributed by atoms with E-state index >= 15 is 0 Å². The minimum Gasteiger partial charge on any atom is -0.339 e. The van der Waals surface area contributed by atoms with Crippen LogP contribution < -0.4 is 10.6 Å². The fourth-order valence-electron chi connectivity index (χ4n) is 2.36. The predicted octanol–water partition coefficient (Wildman–Crippen LogP) is 4.18. The number of ketones is 1. The number of hydrogen-bond donors (Lipinski definition) is 2. The molecule has 0 amide bonds. The second kappa shape index (κ2) is 7.09. The molecule has 0 fully saturated rings. The monoisotopic (exact) mass is 333 g/mol. The molecule has 1 aromatic heterocycles. The standard InChI is InChI=1S/C19H19N5O/c1-12-5-4-6-17(13(12)2)22-18-11-20-24-19(23-18)21-16-9-7-15(8-10-16)14(3)25/h4-11H,1-3H3,(H2,21,22,23,24). The third-order valence-corrected chi connectivity index (χ3v) is 3.97. The lowest BCUT2D eigenvalue weighted by Crippen LogP contribution is -2.03. The van der Waals surface area contributed by atoms with Crippen LogP contribution in [0.1, 0.15) is 28.4 Å². The van der Waals surface area contributed by atoms with E-state index in [2.05, 4.69) is 45.7 Å². The van der Waals surface area contributed by atoms with Crippen molar-refractivity contribution in [2.45, 2.75) is 20.8 Å². The number of benzene rings is 2. The van der Waals surface area contributed by atoms with Gasteiger partial charge in [-0.15, -0.1) is 5.10 Å². The Morgan fingerprint density at radius 1 is 1.00 bits per heavy atom. The molecule has 126 valence electrons. The molecule has 1 heterocycles. The van der Waals surface area contributed by atoms with Gasteiger partial charge in [-0.2, -0.15) is 10.1 Å². The molecule has 0 bridgehead atoms. The van der Waals surface area contributed by atoms with Crippen LogP contribution in [-0.2, 0) is 0 Å². The summed E-state index contributed by atoms with van der Waals surface area (Å²) in [5, 5.41) is 14.3. The highest BCUT2D eigenvalue weighted by atomic mass is 16.1. The van der Waals surface area contributed by atoms with Crippen molar-refractivity contribution in [3.05, 3.63) is 65.4 Å². The maximum absolute atomic E-state index is 11.3. The molecule has 25 heavy (non-hydrogen) atoms. The Morgan fingerprint density at radius 3 is 2.48 bits per heavy atom. The Bertz CT molecular complexity index is 906. The zero-order chi connectivity index (χ0) is 17.8. The highest BCUT2D eigenvalue weighted by molar-refractivity contribution is 5.94. The third kappa shape index (κ3) is 3.98.